The van der Waals surface area contributed by atoms with Crippen LogP contribution in [0.25, 0.3) is 0 Å². The molecule has 2 atom stereocenters. The number of nitrogens with one attached hydrogen (secondary N) is 2. The monoisotopic (exact) mass is 452 g/mol. The molecule has 1 fully saturated rings. The normalized spacial score (nSPS) is 23.7. The topological polar surface area (TPSA) is 112 Å². The Bertz CT molecular complexity index is 1010. The van der Waals surface area contributed by atoms with Crippen LogP contribution in [0.2, 0.25) is 0 Å². The number of aromatic nitrogens is 3. The second-order valence-corrected chi connectivity index (χ2v) is 8.05. The minimum absolute atomic E-state index is 0.0240. The standard InChI is InChI=1S/C20H23F3N6O3/c1-9-15-17(29(3)16(10(2)30)18(31)27-15)28-19(25-9)26-11-6-13(7-11)32-12-4-5-14(24-8-12)20(21,22)23/h4-5,8,10-11,13,16,30H,6-7H2,1-3H3,(H,27,31)(H,25,26,28)/t10-,11?,13?,16+/m1/s1. The van der Waals surface area contributed by atoms with E-state index < -0.39 is 24.0 Å². The highest BCUT2D eigenvalue weighted by Gasteiger charge is 2.37. The van der Waals surface area contributed by atoms with Crippen LogP contribution >= 0.6 is 0 Å². The van der Waals surface area contributed by atoms with Gasteiger partial charge in [0.05, 0.1) is 18.0 Å². The number of carbonyl (C=O) groups is 1. The van der Waals surface area contributed by atoms with Gasteiger partial charge in [0.2, 0.25) is 11.9 Å². The van der Waals surface area contributed by atoms with Gasteiger partial charge in [0.15, 0.2) is 5.82 Å². The van der Waals surface area contributed by atoms with Crippen molar-refractivity contribution in [2.24, 2.45) is 0 Å². The number of halogens is 3. The molecule has 3 N–H and O–H groups in total. The van der Waals surface area contributed by atoms with Gasteiger partial charge < -0.3 is 25.4 Å². The Balaban J connectivity index is 1.37. The van der Waals surface area contributed by atoms with Gasteiger partial charge in [-0.3, -0.25) is 4.79 Å². The number of ether oxygens (including phenoxy) is 1. The Hall–Kier alpha value is -3.15. The molecule has 2 aromatic rings. The van der Waals surface area contributed by atoms with E-state index in [-0.39, 0.29) is 23.8 Å². The first kappa shape index (κ1) is 22.1. The van der Waals surface area contributed by atoms with E-state index in [4.69, 9.17) is 4.74 Å². The van der Waals surface area contributed by atoms with Crippen molar-refractivity contribution in [2.75, 3.05) is 22.6 Å². The predicted octanol–water partition coefficient (Wildman–Crippen LogP) is 2.36. The molecule has 172 valence electrons. The van der Waals surface area contributed by atoms with Crippen molar-refractivity contribution < 1.29 is 27.8 Å². The van der Waals surface area contributed by atoms with Crippen molar-refractivity contribution in [2.45, 2.75) is 57.2 Å². The molecule has 12 heteroatoms. The Morgan fingerprint density at radius 2 is 2.03 bits per heavy atom. The SMILES string of the molecule is Cc1nc(NC2CC(Oc3ccc(C(F)(F)F)nc3)C2)nc2c1NC(=O)[C@H]([C@@H](C)O)N2C. The average molecular weight is 452 g/mol. The largest absolute Gasteiger partial charge is 0.489 e. The summed E-state index contributed by atoms with van der Waals surface area (Å²) < 4.78 is 43.5. The third-order valence-corrected chi connectivity index (χ3v) is 5.55. The van der Waals surface area contributed by atoms with Gasteiger partial charge in [0, 0.05) is 25.9 Å². The summed E-state index contributed by atoms with van der Waals surface area (Å²) in [5.74, 6) is 0.852. The molecule has 4 rings (SSSR count). The fourth-order valence-electron chi connectivity index (χ4n) is 3.84. The summed E-state index contributed by atoms with van der Waals surface area (Å²) >= 11 is 0. The Kier molecular flexibility index (Phi) is 5.57. The maximum atomic E-state index is 12.6. The molecule has 2 aromatic heterocycles. The van der Waals surface area contributed by atoms with E-state index in [0.717, 1.165) is 12.3 Å². The van der Waals surface area contributed by atoms with Crippen LogP contribution in [0.15, 0.2) is 18.3 Å². The zero-order valence-electron chi connectivity index (χ0n) is 17.6. The molecule has 1 aliphatic carbocycles. The van der Waals surface area contributed by atoms with Crippen molar-refractivity contribution >= 4 is 23.4 Å². The summed E-state index contributed by atoms with van der Waals surface area (Å²) in [7, 11) is 1.69. The van der Waals surface area contributed by atoms with E-state index in [9.17, 15) is 23.1 Å². The number of aliphatic hydroxyl groups is 1. The van der Waals surface area contributed by atoms with Crippen molar-refractivity contribution in [1.82, 2.24) is 15.0 Å². The number of nitrogens with zero attached hydrogens (tertiary/aromatic N) is 4. The van der Waals surface area contributed by atoms with Crippen LogP contribution in [0.3, 0.4) is 0 Å². The highest BCUT2D eigenvalue weighted by molar-refractivity contribution is 6.03. The summed E-state index contributed by atoms with van der Waals surface area (Å²) in [5.41, 5.74) is 0.131. The maximum absolute atomic E-state index is 12.6. The molecule has 0 unspecified atom stereocenters. The molecule has 1 amide bonds. The molecule has 0 radical (unpaired) electrons. The highest BCUT2D eigenvalue weighted by atomic mass is 19.4. The van der Waals surface area contributed by atoms with Crippen LogP contribution < -0.4 is 20.3 Å². The first-order chi connectivity index (χ1) is 15.0. The van der Waals surface area contributed by atoms with Crippen molar-refractivity contribution in [3.63, 3.8) is 0 Å². The van der Waals surface area contributed by atoms with Gasteiger partial charge in [-0.25, -0.2) is 9.97 Å². The lowest BCUT2D eigenvalue weighted by Crippen LogP contribution is -2.52. The lowest BCUT2D eigenvalue weighted by atomic mass is 9.89. The second-order valence-electron chi connectivity index (χ2n) is 8.05. The fourth-order valence-corrected chi connectivity index (χ4v) is 3.84. The van der Waals surface area contributed by atoms with Gasteiger partial charge in [-0.1, -0.05) is 0 Å². The van der Waals surface area contributed by atoms with Gasteiger partial charge in [0.1, 0.15) is 29.3 Å². The number of carbonyl (C=O) groups excluding carboxylic acids is 1. The lowest BCUT2D eigenvalue weighted by molar-refractivity contribution is -0.141. The molecule has 1 saturated carbocycles. The molecule has 3 heterocycles. The van der Waals surface area contributed by atoms with E-state index in [0.29, 0.717) is 36.0 Å². The van der Waals surface area contributed by atoms with Gasteiger partial charge >= 0.3 is 6.18 Å². The summed E-state index contributed by atoms with van der Waals surface area (Å²) in [6.07, 6.45) is -3.23. The van der Waals surface area contributed by atoms with E-state index in [2.05, 4.69) is 25.6 Å². The molecule has 0 aromatic carbocycles. The minimum Gasteiger partial charge on any atom is -0.489 e. The summed E-state index contributed by atoms with van der Waals surface area (Å²) in [5, 5.41) is 15.9. The van der Waals surface area contributed by atoms with Crippen molar-refractivity contribution in [3.05, 3.63) is 29.7 Å². The Labute approximate surface area is 182 Å². The molecular formula is C20H23F3N6O3. The number of rotatable bonds is 5. The molecule has 0 bridgehead atoms. The molecule has 32 heavy (non-hydrogen) atoms. The molecule has 9 nitrogen and oxygen atoms in total. The molecular weight excluding hydrogens is 429 g/mol. The van der Waals surface area contributed by atoms with Gasteiger partial charge in [-0.2, -0.15) is 18.2 Å². The van der Waals surface area contributed by atoms with Gasteiger partial charge in [-0.15, -0.1) is 0 Å². The Morgan fingerprint density at radius 3 is 2.62 bits per heavy atom. The number of anilines is 3. The van der Waals surface area contributed by atoms with Crippen LogP contribution in [0.4, 0.5) is 30.6 Å². The van der Waals surface area contributed by atoms with E-state index in [1.807, 2.05) is 0 Å². The van der Waals surface area contributed by atoms with E-state index in [1.54, 1.807) is 25.8 Å². The highest BCUT2D eigenvalue weighted by Crippen LogP contribution is 2.35. The average Bonchev–Trinajstić information content (AvgIpc) is 2.67. The predicted molar refractivity (Wildman–Crippen MR) is 110 cm³/mol. The van der Waals surface area contributed by atoms with Crippen LogP contribution in [0.5, 0.6) is 5.75 Å². The zero-order valence-corrected chi connectivity index (χ0v) is 17.6. The molecule has 2 aliphatic rings. The summed E-state index contributed by atoms with van der Waals surface area (Å²) in [6, 6.07) is 1.41. The van der Waals surface area contributed by atoms with E-state index in [1.165, 1.54) is 6.07 Å². The third-order valence-electron chi connectivity index (χ3n) is 5.55. The van der Waals surface area contributed by atoms with E-state index >= 15 is 0 Å². The summed E-state index contributed by atoms with van der Waals surface area (Å²) in [4.78, 5) is 26.2. The van der Waals surface area contributed by atoms with Crippen LogP contribution in [-0.4, -0.2) is 57.3 Å². The minimum atomic E-state index is -4.48. The first-order valence-corrected chi connectivity index (χ1v) is 10.1. The number of aliphatic hydroxyl groups excluding tert-OH is 1. The smallest absolute Gasteiger partial charge is 0.433 e. The number of pyridine rings is 1. The van der Waals surface area contributed by atoms with Crippen LogP contribution in [0.1, 0.15) is 31.2 Å². The number of hydrogen-bond acceptors (Lipinski definition) is 8. The van der Waals surface area contributed by atoms with Crippen molar-refractivity contribution in [3.8, 4) is 5.75 Å². The third kappa shape index (κ3) is 4.27. The Morgan fingerprint density at radius 1 is 1.31 bits per heavy atom. The molecule has 0 saturated heterocycles. The van der Waals surface area contributed by atoms with Gasteiger partial charge in [-0.05, 0) is 26.0 Å². The molecule has 0 spiro atoms. The number of amides is 1. The van der Waals surface area contributed by atoms with Gasteiger partial charge in [0.25, 0.3) is 0 Å². The maximum Gasteiger partial charge on any atom is 0.433 e. The lowest BCUT2D eigenvalue weighted by Gasteiger charge is -2.38. The zero-order chi connectivity index (χ0) is 23.2. The van der Waals surface area contributed by atoms with Crippen LogP contribution in [-0.2, 0) is 11.0 Å². The quantitative estimate of drug-likeness (QED) is 0.634. The second kappa shape index (κ2) is 8.08. The number of likely N-dealkylation sites (N-methyl/N-ethyl adjacent to an activating group) is 1. The number of fused-ring (bicyclic) bond motifs is 1. The fraction of sp³-hybridized carbons (Fsp3) is 0.500. The number of hydrogen-bond donors (Lipinski definition) is 3. The number of aryl methyl sites for hydroxylation is 1. The van der Waals surface area contributed by atoms with Crippen molar-refractivity contribution in [1.29, 1.82) is 0 Å². The molecule has 1 aliphatic heterocycles. The van der Waals surface area contributed by atoms with Crippen LogP contribution in [0, 0.1) is 6.92 Å². The summed E-state index contributed by atoms with van der Waals surface area (Å²) in [6.45, 7) is 3.30. The number of alkyl halides is 3. The first-order valence-electron chi connectivity index (χ1n) is 10.1.